The molecule has 0 N–H and O–H groups in total. The maximum absolute atomic E-state index is 4.58. The summed E-state index contributed by atoms with van der Waals surface area (Å²) in [6, 6.07) is 9.89. The van der Waals surface area contributed by atoms with Crippen molar-refractivity contribution < 1.29 is 0 Å². The zero-order valence-electron chi connectivity index (χ0n) is 10.2. The summed E-state index contributed by atoms with van der Waals surface area (Å²) in [6.45, 7) is 0. The predicted octanol–water partition coefficient (Wildman–Crippen LogP) is 1.68. The second kappa shape index (κ2) is 3.61. The third kappa shape index (κ3) is 1.43. The molecule has 92 valence electrons. The van der Waals surface area contributed by atoms with Gasteiger partial charge in [0.2, 0.25) is 0 Å². The van der Waals surface area contributed by atoms with Crippen LogP contribution in [0, 0.1) is 0 Å². The van der Waals surface area contributed by atoms with Crippen molar-refractivity contribution in [2.24, 2.45) is 7.05 Å². The lowest BCUT2D eigenvalue weighted by atomic mass is 10.2. The Labute approximate surface area is 108 Å². The smallest absolute Gasteiger partial charge is 0.182 e. The summed E-state index contributed by atoms with van der Waals surface area (Å²) in [4.78, 5) is 8.92. The zero-order chi connectivity index (χ0) is 12.8. The van der Waals surface area contributed by atoms with E-state index in [0.717, 1.165) is 22.2 Å². The van der Waals surface area contributed by atoms with Crippen LogP contribution in [0.4, 0.5) is 0 Å². The van der Waals surface area contributed by atoms with Crippen LogP contribution in [0.25, 0.3) is 28.1 Å². The molecule has 0 aliphatic rings. The highest BCUT2D eigenvalue weighted by atomic mass is 15.3. The summed E-state index contributed by atoms with van der Waals surface area (Å²) in [5.74, 6) is 0.693. The van der Waals surface area contributed by atoms with E-state index < -0.39 is 0 Å². The minimum absolute atomic E-state index is 0.693. The van der Waals surface area contributed by atoms with Gasteiger partial charge in [0.15, 0.2) is 17.1 Å². The Hall–Kier alpha value is -2.76. The largest absolute Gasteiger partial charge is 0.250 e. The minimum Gasteiger partial charge on any atom is -0.250 e. The maximum atomic E-state index is 4.58. The first-order chi connectivity index (χ1) is 9.33. The van der Waals surface area contributed by atoms with E-state index in [1.807, 2.05) is 37.4 Å². The van der Waals surface area contributed by atoms with Crippen molar-refractivity contribution in [3.8, 4) is 11.4 Å². The molecule has 4 aromatic rings. The second-order valence-electron chi connectivity index (χ2n) is 4.32. The van der Waals surface area contributed by atoms with Crippen molar-refractivity contribution in [2.75, 3.05) is 0 Å². The van der Waals surface area contributed by atoms with Crippen molar-refractivity contribution in [3.63, 3.8) is 0 Å². The van der Waals surface area contributed by atoms with Crippen LogP contribution >= 0.6 is 0 Å². The van der Waals surface area contributed by atoms with Crippen LogP contribution in [0.3, 0.4) is 0 Å². The Balaban J connectivity index is 2.04. The highest BCUT2D eigenvalue weighted by Crippen LogP contribution is 2.19. The molecule has 6 heteroatoms. The highest BCUT2D eigenvalue weighted by molar-refractivity contribution is 5.88. The van der Waals surface area contributed by atoms with Crippen molar-refractivity contribution in [1.82, 2.24) is 29.4 Å². The first-order valence-corrected chi connectivity index (χ1v) is 5.91. The molecule has 19 heavy (non-hydrogen) atoms. The summed E-state index contributed by atoms with van der Waals surface area (Å²) in [6.07, 6.45) is 3.43. The van der Waals surface area contributed by atoms with Crippen LogP contribution in [0.5, 0.6) is 0 Å². The SMILES string of the molecule is Cn1ncc2c1ncn1nc(-c3ccccc3)nc21. The third-order valence-electron chi connectivity index (χ3n) is 3.10. The zero-order valence-corrected chi connectivity index (χ0v) is 10.2. The van der Waals surface area contributed by atoms with E-state index in [4.69, 9.17) is 0 Å². The number of fused-ring (bicyclic) bond motifs is 3. The van der Waals surface area contributed by atoms with Crippen LogP contribution in [0.15, 0.2) is 42.9 Å². The molecule has 0 bridgehead atoms. The average molecular weight is 250 g/mol. The quantitative estimate of drug-likeness (QED) is 0.515. The molecule has 4 rings (SSSR count). The molecule has 0 saturated carbocycles. The predicted molar refractivity (Wildman–Crippen MR) is 70.5 cm³/mol. The Morgan fingerprint density at radius 2 is 1.89 bits per heavy atom. The van der Waals surface area contributed by atoms with Gasteiger partial charge in [-0.2, -0.15) is 5.10 Å². The van der Waals surface area contributed by atoms with Crippen LogP contribution in [-0.2, 0) is 7.05 Å². The lowest BCUT2D eigenvalue weighted by molar-refractivity contribution is 0.783. The van der Waals surface area contributed by atoms with Crippen molar-refractivity contribution in [2.45, 2.75) is 0 Å². The fourth-order valence-corrected chi connectivity index (χ4v) is 2.15. The summed E-state index contributed by atoms with van der Waals surface area (Å²) < 4.78 is 3.42. The monoisotopic (exact) mass is 250 g/mol. The molecule has 0 aliphatic heterocycles. The van der Waals surface area contributed by atoms with Gasteiger partial charge < -0.3 is 0 Å². The molecule has 3 heterocycles. The van der Waals surface area contributed by atoms with E-state index in [1.165, 1.54) is 0 Å². The summed E-state index contributed by atoms with van der Waals surface area (Å²) in [7, 11) is 1.86. The minimum atomic E-state index is 0.693. The third-order valence-corrected chi connectivity index (χ3v) is 3.10. The summed E-state index contributed by atoms with van der Waals surface area (Å²) in [5, 5.41) is 9.55. The standard InChI is InChI=1S/C13H10N6/c1-18-12-10(7-15-18)13-16-11(17-19(13)8-14-12)9-5-3-2-4-6-9/h2-8H,1H3. The molecular formula is C13H10N6. The number of hydrogen-bond donors (Lipinski definition) is 0. The molecule has 6 nitrogen and oxygen atoms in total. The number of aromatic nitrogens is 6. The summed E-state index contributed by atoms with van der Waals surface area (Å²) in [5.41, 5.74) is 2.57. The van der Waals surface area contributed by atoms with Gasteiger partial charge in [0.1, 0.15) is 6.33 Å². The van der Waals surface area contributed by atoms with E-state index in [-0.39, 0.29) is 0 Å². The van der Waals surface area contributed by atoms with E-state index in [1.54, 1.807) is 21.7 Å². The van der Waals surface area contributed by atoms with E-state index >= 15 is 0 Å². The van der Waals surface area contributed by atoms with Crippen LogP contribution in [0.2, 0.25) is 0 Å². The maximum Gasteiger partial charge on any atom is 0.182 e. The molecular weight excluding hydrogens is 240 g/mol. The summed E-state index contributed by atoms with van der Waals surface area (Å²) >= 11 is 0. The average Bonchev–Trinajstić information content (AvgIpc) is 3.03. The van der Waals surface area contributed by atoms with Gasteiger partial charge in [0.05, 0.1) is 11.6 Å². The first-order valence-electron chi connectivity index (χ1n) is 5.91. The van der Waals surface area contributed by atoms with Gasteiger partial charge in [0, 0.05) is 12.6 Å². The van der Waals surface area contributed by atoms with Crippen molar-refractivity contribution in [3.05, 3.63) is 42.9 Å². The first kappa shape index (κ1) is 10.2. The van der Waals surface area contributed by atoms with Gasteiger partial charge in [-0.3, -0.25) is 4.68 Å². The molecule has 0 saturated heterocycles. The molecule has 0 amide bonds. The lowest BCUT2D eigenvalue weighted by Gasteiger charge is -1.93. The molecule has 3 aromatic heterocycles. The fourth-order valence-electron chi connectivity index (χ4n) is 2.15. The fraction of sp³-hybridized carbons (Fsp3) is 0.0769. The molecule has 0 fully saturated rings. The topological polar surface area (TPSA) is 60.9 Å². The highest BCUT2D eigenvalue weighted by Gasteiger charge is 2.11. The number of nitrogens with zero attached hydrogens (tertiary/aromatic N) is 6. The van der Waals surface area contributed by atoms with Crippen molar-refractivity contribution in [1.29, 1.82) is 0 Å². The van der Waals surface area contributed by atoms with Crippen LogP contribution in [-0.4, -0.2) is 29.4 Å². The van der Waals surface area contributed by atoms with Gasteiger partial charge in [-0.05, 0) is 0 Å². The van der Waals surface area contributed by atoms with E-state index in [0.29, 0.717) is 5.82 Å². The number of benzene rings is 1. The van der Waals surface area contributed by atoms with E-state index in [9.17, 15) is 0 Å². The lowest BCUT2D eigenvalue weighted by Crippen LogP contribution is -1.94. The van der Waals surface area contributed by atoms with Gasteiger partial charge >= 0.3 is 0 Å². The van der Waals surface area contributed by atoms with Gasteiger partial charge in [-0.1, -0.05) is 30.3 Å². The van der Waals surface area contributed by atoms with Crippen LogP contribution < -0.4 is 0 Å². The second-order valence-corrected chi connectivity index (χ2v) is 4.32. The number of hydrogen-bond acceptors (Lipinski definition) is 4. The normalized spacial score (nSPS) is 11.4. The molecule has 0 radical (unpaired) electrons. The number of rotatable bonds is 1. The Bertz CT molecular complexity index is 874. The molecule has 0 atom stereocenters. The molecule has 1 aromatic carbocycles. The Morgan fingerprint density at radius 3 is 2.74 bits per heavy atom. The van der Waals surface area contributed by atoms with E-state index in [2.05, 4.69) is 20.2 Å². The number of aryl methyl sites for hydroxylation is 1. The van der Waals surface area contributed by atoms with Crippen molar-refractivity contribution >= 4 is 16.7 Å². The van der Waals surface area contributed by atoms with Gasteiger partial charge in [0.25, 0.3) is 0 Å². The van der Waals surface area contributed by atoms with Gasteiger partial charge in [-0.15, -0.1) is 5.10 Å². The Kier molecular flexibility index (Phi) is 1.94. The molecule has 0 spiro atoms. The van der Waals surface area contributed by atoms with Crippen LogP contribution in [0.1, 0.15) is 0 Å². The van der Waals surface area contributed by atoms with Gasteiger partial charge in [-0.25, -0.2) is 14.5 Å². The molecule has 0 aliphatic carbocycles. The molecule has 0 unspecified atom stereocenters. The Morgan fingerprint density at radius 1 is 1.05 bits per heavy atom.